The normalized spacial score (nSPS) is 18.5. The second-order valence-electron chi connectivity index (χ2n) is 8.73. The van der Waals surface area contributed by atoms with E-state index in [0.29, 0.717) is 42.5 Å². The molecule has 0 aliphatic heterocycles. The molecule has 33 heavy (non-hydrogen) atoms. The molecular weight excluding hydrogens is 424 g/mol. The van der Waals surface area contributed by atoms with Gasteiger partial charge >= 0.3 is 5.97 Å². The van der Waals surface area contributed by atoms with Crippen molar-refractivity contribution in [3.05, 3.63) is 29.8 Å². The van der Waals surface area contributed by atoms with Crippen LogP contribution in [0.4, 0.5) is 5.95 Å². The molecule has 0 saturated heterocycles. The minimum Gasteiger partial charge on any atom is -0.489 e. The predicted octanol–water partition coefficient (Wildman–Crippen LogP) is 2.99. The van der Waals surface area contributed by atoms with Gasteiger partial charge in [-0.05, 0) is 58.6 Å². The third-order valence-electron chi connectivity index (χ3n) is 5.94. The molecule has 0 spiro atoms. The second kappa shape index (κ2) is 9.55. The number of nitrogens with one attached hydrogen (secondary N) is 1. The van der Waals surface area contributed by atoms with Gasteiger partial charge in [-0.25, -0.2) is 19.3 Å². The topological polar surface area (TPSA) is 133 Å². The van der Waals surface area contributed by atoms with E-state index >= 15 is 0 Å². The summed E-state index contributed by atoms with van der Waals surface area (Å²) in [6.07, 6.45) is 4.53. The molecule has 3 aromatic rings. The van der Waals surface area contributed by atoms with E-state index in [2.05, 4.69) is 25.7 Å². The van der Waals surface area contributed by atoms with Crippen LogP contribution in [0, 0.1) is 12.8 Å². The van der Waals surface area contributed by atoms with Crippen LogP contribution >= 0.6 is 0 Å². The molecule has 0 unspecified atom stereocenters. The number of hydrogen-bond acceptors (Lipinski definition) is 8. The van der Waals surface area contributed by atoms with Gasteiger partial charge in [0.1, 0.15) is 17.8 Å². The number of hydrogen-bond donors (Lipinski definition) is 2. The Morgan fingerprint density at radius 3 is 2.85 bits per heavy atom. The summed E-state index contributed by atoms with van der Waals surface area (Å²) >= 11 is 0. The fourth-order valence-corrected chi connectivity index (χ4v) is 4.00. The minimum atomic E-state index is -0.747. The summed E-state index contributed by atoms with van der Waals surface area (Å²) in [5.74, 6) is 0.119. The number of carboxylic acid groups (broad SMARTS) is 1. The van der Waals surface area contributed by atoms with Crippen molar-refractivity contribution in [3.8, 4) is 17.1 Å². The summed E-state index contributed by atoms with van der Waals surface area (Å²) in [7, 11) is 1.83. The van der Waals surface area contributed by atoms with Crippen molar-refractivity contribution >= 4 is 11.9 Å². The summed E-state index contributed by atoms with van der Waals surface area (Å²) < 4.78 is 9.62. The van der Waals surface area contributed by atoms with Gasteiger partial charge in [-0.2, -0.15) is 0 Å². The summed E-state index contributed by atoms with van der Waals surface area (Å²) in [4.78, 5) is 20.3. The van der Waals surface area contributed by atoms with Gasteiger partial charge in [0.05, 0.1) is 35.6 Å². The molecular formula is C22H30N8O3. The van der Waals surface area contributed by atoms with Gasteiger partial charge in [-0.3, -0.25) is 4.79 Å². The standard InChI is InChI=1S/C22H30N8O3/c1-13(2)30-12-24-22(27-30)23-11-18-20(26-28-29(18)4)17-8-9-19(14(3)25-17)33-16-7-5-6-15(10-16)21(31)32/h8-9,12-13,15-16H,5-7,10-11H2,1-4H3,(H,23,27)(H,31,32)/t15-,16-/m0/s1. The Balaban J connectivity index is 1.47. The molecule has 3 aromatic heterocycles. The molecule has 1 aliphatic carbocycles. The van der Waals surface area contributed by atoms with Crippen LogP contribution in [0.3, 0.4) is 0 Å². The number of nitrogens with zero attached hydrogens (tertiary/aromatic N) is 7. The van der Waals surface area contributed by atoms with Crippen molar-refractivity contribution in [3.63, 3.8) is 0 Å². The fourth-order valence-electron chi connectivity index (χ4n) is 4.00. The van der Waals surface area contributed by atoms with Gasteiger partial charge in [0.15, 0.2) is 0 Å². The van der Waals surface area contributed by atoms with Crippen molar-refractivity contribution in [1.29, 1.82) is 0 Å². The Hall–Kier alpha value is -3.50. The number of ether oxygens (including phenoxy) is 1. The lowest BCUT2D eigenvalue weighted by Gasteiger charge is -2.27. The van der Waals surface area contributed by atoms with E-state index < -0.39 is 5.97 Å². The molecule has 1 aliphatic rings. The smallest absolute Gasteiger partial charge is 0.306 e. The van der Waals surface area contributed by atoms with Crippen LogP contribution in [0.1, 0.15) is 57.0 Å². The summed E-state index contributed by atoms with van der Waals surface area (Å²) in [6.45, 7) is 6.41. The van der Waals surface area contributed by atoms with E-state index in [1.165, 1.54) is 0 Å². The van der Waals surface area contributed by atoms with Crippen LogP contribution in [0.2, 0.25) is 0 Å². The highest BCUT2D eigenvalue weighted by Gasteiger charge is 2.28. The van der Waals surface area contributed by atoms with Gasteiger partial charge in [0, 0.05) is 13.1 Å². The molecule has 3 heterocycles. The second-order valence-corrected chi connectivity index (χ2v) is 8.73. The Kier molecular flexibility index (Phi) is 6.57. The van der Waals surface area contributed by atoms with Crippen LogP contribution in [-0.2, 0) is 18.4 Å². The first-order valence-electron chi connectivity index (χ1n) is 11.2. The van der Waals surface area contributed by atoms with E-state index in [0.717, 1.165) is 24.2 Å². The maximum Gasteiger partial charge on any atom is 0.306 e. The molecule has 1 fully saturated rings. The number of rotatable bonds is 8. The van der Waals surface area contributed by atoms with E-state index in [1.54, 1.807) is 15.7 Å². The zero-order chi connectivity index (χ0) is 23.5. The average molecular weight is 455 g/mol. The van der Waals surface area contributed by atoms with Crippen LogP contribution in [0.25, 0.3) is 11.4 Å². The van der Waals surface area contributed by atoms with Crippen LogP contribution in [0.15, 0.2) is 18.5 Å². The van der Waals surface area contributed by atoms with Crippen molar-refractivity contribution in [1.82, 2.24) is 34.7 Å². The minimum absolute atomic E-state index is 0.111. The summed E-state index contributed by atoms with van der Waals surface area (Å²) in [5.41, 5.74) is 2.95. The molecule has 11 nitrogen and oxygen atoms in total. The van der Waals surface area contributed by atoms with Crippen LogP contribution < -0.4 is 10.1 Å². The Bertz CT molecular complexity index is 1120. The number of aliphatic carboxylic acids is 1. The first kappa shape index (κ1) is 22.7. The highest BCUT2D eigenvalue weighted by molar-refractivity contribution is 5.70. The molecule has 176 valence electrons. The molecule has 2 atom stereocenters. The Morgan fingerprint density at radius 2 is 2.15 bits per heavy atom. The van der Waals surface area contributed by atoms with E-state index in [1.807, 2.05) is 40.0 Å². The lowest BCUT2D eigenvalue weighted by molar-refractivity contribution is -0.143. The monoisotopic (exact) mass is 454 g/mol. The van der Waals surface area contributed by atoms with E-state index in [9.17, 15) is 9.90 Å². The maximum atomic E-state index is 11.3. The van der Waals surface area contributed by atoms with Gasteiger partial charge < -0.3 is 15.2 Å². The number of carboxylic acids is 1. The van der Waals surface area contributed by atoms with E-state index in [-0.39, 0.29) is 18.1 Å². The quantitative estimate of drug-likeness (QED) is 0.527. The van der Waals surface area contributed by atoms with Crippen LogP contribution in [0.5, 0.6) is 5.75 Å². The number of carbonyl (C=O) groups is 1. The third kappa shape index (κ3) is 5.12. The largest absolute Gasteiger partial charge is 0.489 e. The zero-order valence-electron chi connectivity index (χ0n) is 19.4. The Labute approximate surface area is 192 Å². The van der Waals surface area contributed by atoms with Gasteiger partial charge in [0.2, 0.25) is 5.95 Å². The predicted molar refractivity (Wildman–Crippen MR) is 121 cm³/mol. The molecule has 1 saturated carbocycles. The SMILES string of the molecule is Cc1nc(-c2nnn(C)c2CNc2ncn(C(C)C)n2)ccc1O[C@H]1CCC[C@H](C(=O)O)C1. The Morgan fingerprint density at radius 1 is 1.33 bits per heavy atom. The molecule has 11 heteroatoms. The number of pyridine rings is 1. The van der Waals surface area contributed by atoms with Crippen molar-refractivity contribution in [2.75, 3.05) is 5.32 Å². The summed E-state index contributed by atoms with van der Waals surface area (Å²) in [5, 5.41) is 25.4. The van der Waals surface area contributed by atoms with Gasteiger partial charge in [0.25, 0.3) is 0 Å². The molecule has 4 rings (SSSR count). The molecule has 0 bridgehead atoms. The molecule has 2 N–H and O–H groups in total. The molecule has 0 radical (unpaired) electrons. The van der Waals surface area contributed by atoms with Gasteiger partial charge in [-0.1, -0.05) is 5.21 Å². The number of aryl methyl sites for hydroxylation is 2. The highest BCUT2D eigenvalue weighted by Crippen LogP contribution is 2.30. The fraction of sp³-hybridized carbons (Fsp3) is 0.545. The number of anilines is 1. The van der Waals surface area contributed by atoms with Crippen molar-refractivity contribution in [2.45, 2.75) is 65.1 Å². The first-order valence-corrected chi connectivity index (χ1v) is 11.2. The van der Waals surface area contributed by atoms with Gasteiger partial charge in [-0.15, -0.1) is 10.2 Å². The highest BCUT2D eigenvalue weighted by atomic mass is 16.5. The average Bonchev–Trinajstić information content (AvgIpc) is 3.41. The first-order chi connectivity index (χ1) is 15.8. The third-order valence-corrected chi connectivity index (χ3v) is 5.94. The van der Waals surface area contributed by atoms with Crippen LogP contribution in [-0.4, -0.2) is 51.9 Å². The zero-order valence-corrected chi connectivity index (χ0v) is 19.4. The number of aromatic nitrogens is 7. The van der Waals surface area contributed by atoms with E-state index in [4.69, 9.17) is 9.72 Å². The summed E-state index contributed by atoms with van der Waals surface area (Å²) in [6, 6.07) is 3.97. The molecule has 0 aromatic carbocycles. The van der Waals surface area contributed by atoms with Crippen molar-refractivity contribution in [2.24, 2.45) is 13.0 Å². The lowest BCUT2D eigenvalue weighted by Crippen LogP contribution is -2.29. The van der Waals surface area contributed by atoms with Crippen molar-refractivity contribution < 1.29 is 14.6 Å². The maximum absolute atomic E-state index is 11.3. The lowest BCUT2D eigenvalue weighted by atomic mass is 9.87. The molecule has 0 amide bonds.